The molecule has 30 heavy (non-hydrogen) atoms. The minimum absolute atomic E-state index is 0.0635. The van der Waals surface area contributed by atoms with E-state index in [-0.39, 0.29) is 22.4 Å². The summed E-state index contributed by atoms with van der Waals surface area (Å²) < 4.78 is 29.1. The molecule has 1 aliphatic heterocycles. The number of carbonyl (C=O) groups excluding carboxylic acids is 2. The van der Waals surface area contributed by atoms with E-state index in [9.17, 15) is 14.0 Å². The van der Waals surface area contributed by atoms with Gasteiger partial charge in [0, 0.05) is 38.3 Å². The van der Waals surface area contributed by atoms with Crippen molar-refractivity contribution in [2.45, 2.75) is 0 Å². The van der Waals surface area contributed by atoms with Gasteiger partial charge in [0.25, 0.3) is 11.8 Å². The lowest BCUT2D eigenvalue weighted by atomic mass is 10.1. The molecule has 7 nitrogen and oxygen atoms in total. The van der Waals surface area contributed by atoms with Crippen LogP contribution in [0.1, 0.15) is 20.7 Å². The number of amides is 2. The van der Waals surface area contributed by atoms with Crippen molar-refractivity contribution in [1.82, 2.24) is 9.80 Å². The molecule has 0 unspecified atom stereocenters. The highest BCUT2D eigenvalue weighted by atomic mass is 35.5. The third-order valence-corrected chi connectivity index (χ3v) is 5.26. The Morgan fingerprint density at radius 1 is 0.800 bits per heavy atom. The summed E-state index contributed by atoms with van der Waals surface area (Å²) in [6.45, 7) is 1.32. The van der Waals surface area contributed by atoms with Gasteiger partial charge in [0.15, 0.2) is 11.5 Å². The van der Waals surface area contributed by atoms with Crippen LogP contribution in [0.2, 0.25) is 5.02 Å². The van der Waals surface area contributed by atoms with Gasteiger partial charge < -0.3 is 24.0 Å². The molecule has 0 atom stereocenters. The maximum Gasteiger partial charge on any atom is 0.257 e. The van der Waals surface area contributed by atoms with Crippen molar-refractivity contribution in [3.05, 3.63) is 52.3 Å². The number of benzene rings is 2. The zero-order valence-electron chi connectivity index (χ0n) is 16.9. The van der Waals surface area contributed by atoms with Gasteiger partial charge >= 0.3 is 0 Å². The molecule has 1 fully saturated rings. The maximum atomic E-state index is 13.2. The number of rotatable bonds is 5. The Morgan fingerprint density at radius 3 is 1.80 bits per heavy atom. The molecule has 0 aliphatic carbocycles. The number of halogens is 2. The van der Waals surface area contributed by atoms with Gasteiger partial charge in [-0.25, -0.2) is 4.39 Å². The van der Waals surface area contributed by atoms with Crippen molar-refractivity contribution in [3.63, 3.8) is 0 Å². The maximum absolute atomic E-state index is 13.2. The molecule has 9 heteroatoms. The van der Waals surface area contributed by atoms with Crippen molar-refractivity contribution < 1.29 is 28.2 Å². The lowest BCUT2D eigenvalue weighted by molar-refractivity contribution is 0.0533. The Labute approximate surface area is 178 Å². The van der Waals surface area contributed by atoms with Gasteiger partial charge in [-0.1, -0.05) is 11.6 Å². The second kappa shape index (κ2) is 9.21. The molecular formula is C21H22ClFN2O5. The van der Waals surface area contributed by atoms with Crippen LogP contribution in [0.4, 0.5) is 4.39 Å². The van der Waals surface area contributed by atoms with Crippen molar-refractivity contribution in [2.24, 2.45) is 0 Å². The van der Waals surface area contributed by atoms with Crippen LogP contribution in [0.15, 0.2) is 30.3 Å². The number of methoxy groups -OCH3 is 3. The van der Waals surface area contributed by atoms with E-state index >= 15 is 0 Å². The average Bonchev–Trinajstić information content (AvgIpc) is 2.77. The van der Waals surface area contributed by atoms with Crippen molar-refractivity contribution >= 4 is 23.4 Å². The number of hydrogen-bond acceptors (Lipinski definition) is 5. The van der Waals surface area contributed by atoms with E-state index in [1.807, 2.05) is 0 Å². The monoisotopic (exact) mass is 436 g/mol. The van der Waals surface area contributed by atoms with E-state index in [1.54, 1.807) is 21.9 Å². The summed E-state index contributed by atoms with van der Waals surface area (Å²) in [7, 11) is 4.47. The number of ether oxygens (including phenoxy) is 3. The van der Waals surface area contributed by atoms with E-state index in [4.69, 9.17) is 25.8 Å². The molecule has 160 valence electrons. The van der Waals surface area contributed by atoms with Crippen LogP contribution in [0.25, 0.3) is 0 Å². The van der Waals surface area contributed by atoms with Crippen LogP contribution in [0, 0.1) is 5.82 Å². The molecule has 3 rings (SSSR count). The van der Waals surface area contributed by atoms with E-state index < -0.39 is 5.82 Å². The minimum atomic E-state index is -0.504. The second-order valence-corrected chi connectivity index (χ2v) is 7.02. The summed E-state index contributed by atoms with van der Waals surface area (Å²) in [5.41, 5.74) is 0.580. The number of nitrogens with zero attached hydrogens (tertiary/aromatic N) is 2. The molecule has 2 amide bonds. The van der Waals surface area contributed by atoms with Crippen molar-refractivity contribution in [1.29, 1.82) is 0 Å². The minimum Gasteiger partial charge on any atom is -0.496 e. The lowest BCUT2D eigenvalue weighted by Gasteiger charge is -2.35. The first-order valence-corrected chi connectivity index (χ1v) is 9.61. The molecule has 1 aliphatic rings. The van der Waals surface area contributed by atoms with Gasteiger partial charge in [0.05, 0.1) is 37.5 Å². The lowest BCUT2D eigenvalue weighted by Crippen LogP contribution is -2.50. The Kier molecular flexibility index (Phi) is 6.66. The third-order valence-electron chi connectivity index (χ3n) is 4.95. The van der Waals surface area contributed by atoms with Crippen LogP contribution in [-0.2, 0) is 0 Å². The zero-order chi connectivity index (χ0) is 21.8. The Balaban J connectivity index is 1.73. The summed E-state index contributed by atoms with van der Waals surface area (Å²) in [5, 5.41) is 0.0635. The quantitative estimate of drug-likeness (QED) is 0.720. The van der Waals surface area contributed by atoms with Crippen LogP contribution >= 0.6 is 11.6 Å². The van der Waals surface area contributed by atoms with Gasteiger partial charge in [-0.2, -0.15) is 0 Å². The standard InChI is InChI=1S/C21H22ClFN2O5/c1-28-17-12-19(30-3)18(29-2)11-15(17)21(27)25-8-6-24(7-9-25)20(26)14-5-4-13(23)10-16(14)22/h4-5,10-12H,6-9H2,1-3H3. The summed E-state index contributed by atoms with van der Waals surface area (Å²) >= 11 is 6.00. The fourth-order valence-corrected chi connectivity index (χ4v) is 3.56. The van der Waals surface area contributed by atoms with Crippen LogP contribution in [0.3, 0.4) is 0 Å². The fourth-order valence-electron chi connectivity index (χ4n) is 3.31. The van der Waals surface area contributed by atoms with Crippen LogP contribution in [-0.4, -0.2) is 69.1 Å². The van der Waals surface area contributed by atoms with Crippen LogP contribution in [0.5, 0.6) is 17.2 Å². The molecule has 1 heterocycles. The second-order valence-electron chi connectivity index (χ2n) is 6.62. The molecule has 0 saturated carbocycles. The Morgan fingerprint density at radius 2 is 1.30 bits per heavy atom. The van der Waals surface area contributed by atoms with Gasteiger partial charge in [-0.05, 0) is 18.2 Å². The third kappa shape index (κ3) is 4.28. The largest absolute Gasteiger partial charge is 0.496 e. The SMILES string of the molecule is COc1cc(OC)c(C(=O)N2CCN(C(=O)c3ccc(F)cc3Cl)CC2)cc1OC. The average molecular weight is 437 g/mol. The predicted molar refractivity (Wildman–Crippen MR) is 109 cm³/mol. The van der Waals surface area contributed by atoms with Gasteiger partial charge in [0.1, 0.15) is 11.6 Å². The molecule has 0 aromatic heterocycles. The molecular weight excluding hydrogens is 415 g/mol. The summed E-state index contributed by atoms with van der Waals surface area (Å²) in [6, 6.07) is 6.85. The number of carbonyl (C=O) groups is 2. The van der Waals surface area contributed by atoms with Gasteiger partial charge in [0.2, 0.25) is 0 Å². The van der Waals surface area contributed by atoms with Crippen molar-refractivity contribution in [2.75, 3.05) is 47.5 Å². The van der Waals surface area contributed by atoms with E-state index in [0.717, 1.165) is 6.07 Å². The first kappa shape index (κ1) is 21.7. The first-order valence-electron chi connectivity index (χ1n) is 9.23. The van der Waals surface area contributed by atoms with Crippen molar-refractivity contribution in [3.8, 4) is 17.2 Å². The molecule has 0 radical (unpaired) electrons. The Bertz CT molecular complexity index is 961. The summed E-state index contributed by atoms with van der Waals surface area (Å²) in [6.07, 6.45) is 0. The highest BCUT2D eigenvalue weighted by Crippen LogP contribution is 2.35. The molecule has 2 aromatic carbocycles. The number of hydrogen-bond donors (Lipinski definition) is 0. The predicted octanol–water partition coefficient (Wildman–Crippen LogP) is 3.10. The Hall–Kier alpha value is -3.00. The smallest absolute Gasteiger partial charge is 0.257 e. The molecule has 0 spiro atoms. The van der Waals surface area contributed by atoms with E-state index in [0.29, 0.717) is 49.0 Å². The highest BCUT2D eigenvalue weighted by Gasteiger charge is 2.28. The van der Waals surface area contributed by atoms with Gasteiger partial charge in [-0.3, -0.25) is 9.59 Å². The number of piperazine rings is 1. The molecule has 1 saturated heterocycles. The summed E-state index contributed by atoms with van der Waals surface area (Å²) in [4.78, 5) is 29.0. The first-order chi connectivity index (χ1) is 14.4. The molecule has 0 bridgehead atoms. The zero-order valence-corrected chi connectivity index (χ0v) is 17.7. The normalized spacial score (nSPS) is 13.8. The van der Waals surface area contributed by atoms with E-state index in [1.165, 1.54) is 33.5 Å². The molecule has 0 N–H and O–H groups in total. The topological polar surface area (TPSA) is 68.3 Å². The van der Waals surface area contributed by atoms with E-state index in [2.05, 4.69) is 0 Å². The highest BCUT2D eigenvalue weighted by molar-refractivity contribution is 6.33. The molecule has 2 aromatic rings. The fraction of sp³-hybridized carbons (Fsp3) is 0.333. The van der Waals surface area contributed by atoms with Crippen LogP contribution < -0.4 is 14.2 Å². The summed E-state index contributed by atoms with van der Waals surface area (Å²) in [5.74, 6) is 0.208. The van der Waals surface area contributed by atoms with Gasteiger partial charge in [-0.15, -0.1) is 0 Å².